The number of amides is 1. The standard InChI is InChI=1S/C12H22N2O3/c1-4-7(2)9(13)11(15)14-6-5-8(3)10(14)12(16)17/h7-10H,4-6,13H2,1-3H3,(H,16,17)/t7-,8?,9-,10?/m0/s1. The molecule has 5 heteroatoms. The summed E-state index contributed by atoms with van der Waals surface area (Å²) in [5.41, 5.74) is 5.87. The third kappa shape index (κ3) is 2.77. The fraction of sp³-hybridized carbons (Fsp3) is 0.833. The van der Waals surface area contributed by atoms with Crippen molar-refractivity contribution in [3.8, 4) is 0 Å². The van der Waals surface area contributed by atoms with Gasteiger partial charge in [-0.25, -0.2) is 4.79 Å². The molecule has 1 amide bonds. The van der Waals surface area contributed by atoms with Gasteiger partial charge in [-0.05, 0) is 18.3 Å². The van der Waals surface area contributed by atoms with Crippen molar-refractivity contribution < 1.29 is 14.7 Å². The van der Waals surface area contributed by atoms with Crippen molar-refractivity contribution in [1.82, 2.24) is 4.90 Å². The van der Waals surface area contributed by atoms with Gasteiger partial charge < -0.3 is 15.7 Å². The van der Waals surface area contributed by atoms with E-state index in [1.807, 2.05) is 20.8 Å². The Hall–Kier alpha value is -1.10. The number of rotatable bonds is 4. The van der Waals surface area contributed by atoms with E-state index in [1.54, 1.807) is 0 Å². The Morgan fingerprint density at radius 2 is 2.12 bits per heavy atom. The highest BCUT2D eigenvalue weighted by Crippen LogP contribution is 2.25. The van der Waals surface area contributed by atoms with E-state index in [9.17, 15) is 9.59 Å². The van der Waals surface area contributed by atoms with E-state index in [2.05, 4.69) is 0 Å². The van der Waals surface area contributed by atoms with E-state index >= 15 is 0 Å². The highest BCUT2D eigenvalue weighted by Gasteiger charge is 2.41. The van der Waals surface area contributed by atoms with Gasteiger partial charge in [0.1, 0.15) is 6.04 Å². The summed E-state index contributed by atoms with van der Waals surface area (Å²) in [6.07, 6.45) is 1.55. The van der Waals surface area contributed by atoms with Crippen molar-refractivity contribution in [2.24, 2.45) is 17.6 Å². The van der Waals surface area contributed by atoms with Gasteiger partial charge in [-0.1, -0.05) is 27.2 Å². The third-order valence-corrected chi connectivity index (χ3v) is 3.78. The summed E-state index contributed by atoms with van der Waals surface area (Å²) >= 11 is 0. The minimum Gasteiger partial charge on any atom is -0.480 e. The number of aliphatic carboxylic acids is 1. The average molecular weight is 242 g/mol. The lowest BCUT2D eigenvalue weighted by Crippen LogP contribution is -2.51. The molecule has 0 saturated carbocycles. The second-order valence-corrected chi connectivity index (χ2v) is 4.99. The molecule has 0 spiro atoms. The van der Waals surface area contributed by atoms with Crippen LogP contribution in [0.15, 0.2) is 0 Å². The predicted octanol–water partition coefficient (Wildman–Crippen LogP) is 0.681. The lowest BCUT2D eigenvalue weighted by Gasteiger charge is -2.28. The molecule has 1 rings (SSSR count). The molecule has 3 N–H and O–H groups in total. The van der Waals surface area contributed by atoms with Crippen LogP contribution in [0, 0.1) is 11.8 Å². The lowest BCUT2D eigenvalue weighted by molar-refractivity contribution is -0.150. The topological polar surface area (TPSA) is 83.6 Å². The third-order valence-electron chi connectivity index (χ3n) is 3.78. The fourth-order valence-corrected chi connectivity index (χ4v) is 2.26. The van der Waals surface area contributed by atoms with Crippen LogP contribution in [-0.4, -0.2) is 40.5 Å². The van der Waals surface area contributed by atoms with Crippen LogP contribution in [0.5, 0.6) is 0 Å². The van der Waals surface area contributed by atoms with Crippen molar-refractivity contribution in [1.29, 1.82) is 0 Å². The quantitative estimate of drug-likeness (QED) is 0.759. The average Bonchev–Trinajstić information content (AvgIpc) is 2.68. The van der Waals surface area contributed by atoms with E-state index in [0.717, 1.165) is 12.8 Å². The zero-order valence-electron chi connectivity index (χ0n) is 10.7. The van der Waals surface area contributed by atoms with Crippen LogP contribution >= 0.6 is 0 Å². The summed E-state index contributed by atoms with van der Waals surface area (Å²) in [6, 6.07) is -1.30. The van der Waals surface area contributed by atoms with Gasteiger partial charge in [-0.15, -0.1) is 0 Å². The maximum absolute atomic E-state index is 12.1. The fourth-order valence-electron chi connectivity index (χ4n) is 2.26. The maximum Gasteiger partial charge on any atom is 0.326 e. The SMILES string of the molecule is CC[C@H](C)[C@H](N)C(=O)N1CCC(C)C1C(=O)O. The second-order valence-electron chi connectivity index (χ2n) is 4.99. The molecule has 4 atom stereocenters. The van der Waals surface area contributed by atoms with Gasteiger partial charge >= 0.3 is 5.97 Å². The Morgan fingerprint density at radius 1 is 1.53 bits per heavy atom. The first-order valence-electron chi connectivity index (χ1n) is 6.19. The van der Waals surface area contributed by atoms with Crippen LogP contribution in [0.3, 0.4) is 0 Å². The minimum absolute atomic E-state index is 0.000539. The van der Waals surface area contributed by atoms with Crippen molar-refractivity contribution >= 4 is 11.9 Å². The minimum atomic E-state index is -0.931. The summed E-state index contributed by atoms with van der Waals surface area (Å²) in [5.74, 6) is -1.08. The molecule has 0 radical (unpaired) electrons. The molecule has 1 aliphatic heterocycles. The molecule has 1 fully saturated rings. The first-order chi connectivity index (χ1) is 7.90. The van der Waals surface area contributed by atoms with E-state index < -0.39 is 18.1 Å². The number of likely N-dealkylation sites (tertiary alicyclic amines) is 1. The van der Waals surface area contributed by atoms with Crippen molar-refractivity contribution in [2.75, 3.05) is 6.54 Å². The molecule has 1 aliphatic rings. The Kier molecular flexibility index (Phi) is 4.51. The summed E-state index contributed by atoms with van der Waals surface area (Å²) < 4.78 is 0. The molecule has 17 heavy (non-hydrogen) atoms. The molecular weight excluding hydrogens is 220 g/mol. The van der Waals surface area contributed by atoms with Crippen molar-refractivity contribution in [3.05, 3.63) is 0 Å². The normalized spacial score (nSPS) is 27.9. The number of nitrogens with two attached hydrogens (primary N) is 1. The molecule has 1 heterocycles. The monoisotopic (exact) mass is 242 g/mol. The Morgan fingerprint density at radius 3 is 2.59 bits per heavy atom. The number of hydrogen-bond acceptors (Lipinski definition) is 3. The molecule has 0 aliphatic carbocycles. The van der Waals surface area contributed by atoms with Crippen LogP contribution in [0.1, 0.15) is 33.6 Å². The van der Waals surface area contributed by atoms with E-state index in [-0.39, 0.29) is 17.7 Å². The molecule has 0 aromatic heterocycles. The summed E-state index contributed by atoms with van der Waals surface area (Å²) in [5, 5.41) is 9.15. The molecule has 0 bridgehead atoms. The summed E-state index contributed by atoms with van der Waals surface area (Å²) in [7, 11) is 0. The number of carboxylic acid groups (broad SMARTS) is 1. The zero-order chi connectivity index (χ0) is 13.2. The molecular formula is C12H22N2O3. The van der Waals surface area contributed by atoms with E-state index in [4.69, 9.17) is 10.8 Å². The van der Waals surface area contributed by atoms with Gasteiger partial charge in [0.05, 0.1) is 6.04 Å². The molecule has 0 aromatic carbocycles. The van der Waals surface area contributed by atoms with Crippen LogP contribution < -0.4 is 5.73 Å². The summed E-state index contributed by atoms with van der Waals surface area (Å²) in [6.45, 7) is 6.25. The smallest absolute Gasteiger partial charge is 0.326 e. The van der Waals surface area contributed by atoms with E-state index in [1.165, 1.54) is 4.90 Å². The number of hydrogen-bond donors (Lipinski definition) is 2. The molecule has 2 unspecified atom stereocenters. The lowest BCUT2D eigenvalue weighted by atomic mass is 9.98. The van der Waals surface area contributed by atoms with Gasteiger partial charge in [0.2, 0.25) is 5.91 Å². The Balaban J connectivity index is 2.78. The number of carbonyl (C=O) groups excluding carboxylic acids is 1. The molecule has 0 aromatic rings. The van der Waals surface area contributed by atoms with E-state index in [0.29, 0.717) is 6.54 Å². The first-order valence-corrected chi connectivity index (χ1v) is 6.19. The van der Waals surface area contributed by atoms with Crippen LogP contribution in [0.25, 0.3) is 0 Å². The highest BCUT2D eigenvalue weighted by molar-refractivity contribution is 5.87. The van der Waals surface area contributed by atoms with Crippen LogP contribution in [-0.2, 0) is 9.59 Å². The molecule has 1 saturated heterocycles. The van der Waals surface area contributed by atoms with Gasteiger partial charge in [0.15, 0.2) is 0 Å². The Labute approximate surface area is 102 Å². The van der Waals surface area contributed by atoms with Crippen LogP contribution in [0.4, 0.5) is 0 Å². The largest absolute Gasteiger partial charge is 0.480 e. The number of carboxylic acids is 1. The van der Waals surface area contributed by atoms with Gasteiger partial charge in [-0.2, -0.15) is 0 Å². The second kappa shape index (κ2) is 5.49. The molecule has 5 nitrogen and oxygen atoms in total. The zero-order valence-corrected chi connectivity index (χ0v) is 10.7. The van der Waals surface area contributed by atoms with Gasteiger partial charge in [0, 0.05) is 6.54 Å². The first kappa shape index (κ1) is 14.0. The molecule has 98 valence electrons. The highest BCUT2D eigenvalue weighted by atomic mass is 16.4. The van der Waals surface area contributed by atoms with Gasteiger partial charge in [0.25, 0.3) is 0 Å². The van der Waals surface area contributed by atoms with Crippen LogP contribution in [0.2, 0.25) is 0 Å². The number of nitrogens with zero attached hydrogens (tertiary/aromatic N) is 1. The maximum atomic E-state index is 12.1. The van der Waals surface area contributed by atoms with Crippen molar-refractivity contribution in [2.45, 2.75) is 45.7 Å². The predicted molar refractivity (Wildman–Crippen MR) is 64.3 cm³/mol. The summed E-state index contributed by atoms with van der Waals surface area (Å²) in [4.78, 5) is 24.7. The van der Waals surface area contributed by atoms with Crippen molar-refractivity contribution in [3.63, 3.8) is 0 Å². The Bertz CT molecular complexity index is 306. The number of carbonyl (C=O) groups is 2. The van der Waals surface area contributed by atoms with Gasteiger partial charge in [-0.3, -0.25) is 4.79 Å².